The predicted octanol–water partition coefficient (Wildman–Crippen LogP) is 5.23. The van der Waals surface area contributed by atoms with E-state index in [2.05, 4.69) is 0 Å². The van der Waals surface area contributed by atoms with Crippen LogP contribution in [0.15, 0.2) is 35.5 Å². The van der Waals surface area contributed by atoms with Crippen molar-refractivity contribution in [3.8, 4) is 0 Å². The van der Waals surface area contributed by atoms with Gasteiger partial charge in [0.2, 0.25) is 0 Å². The Hall–Kier alpha value is -2.55. The van der Waals surface area contributed by atoms with Gasteiger partial charge in [-0.1, -0.05) is 33.8 Å². The molecule has 4 N–H and O–H groups in total. The number of rotatable bonds is 4. The van der Waals surface area contributed by atoms with Gasteiger partial charge in [-0.2, -0.15) is 0 Å². The maximum absolute atomic E-state index is 16.8. The van der Waals surface area contributed by atoms with Gasteiger partial charge in [0, 0.05) is 29.1 Å². The van der Waals surface area contributed by atoms with Gasteiger partial charge in [-0.3, -0.25) is 19.2 Å². The maximum Gasteiger partial charge on any atom is 0.193 e. The topological polar surface area (TPSA) is 168 Å². The Labute approximate surface area is 344 Å². The minimum absolute atomic E-state index is 0.0457. The van der Waals surface area contributed by atoms with Crippen LogP contribution in [0, 0.1) is 63.1 Å². The summed E-state index contributed by atoms with van der Waals surface area (Å²) in [6.07, 6.45) is 2.40. The second-order valence-electron chi connectivity index (χ2n) is 21.1. The molecule has 9 aliphatic rings. The van der Waals surface area contributed by atoms with Gasteiger partial charge in [-0.25, -0.2) is 13.2 Å². The van der Waals surface area contributed by atoms with Gasteiger partial charge in [-0.05, 0) is 136 Å². The maximum atomic E-state index is 16.8. The first-order valence-electron chi connectivity index (χ1n) is 21.6. The first-order chi connectivity index (χ1) is 27.4. The highest BCUT2D eigenvalue weighted by atomic mass is 19.1. The number of hydrogen-bond acceptors (Lipinski definition) is 10. The van der Waals surface area contributed by atoms with Gasteiger partial charge in [-0.15, -0.1) is 0 Å². The lowest BCUT2D eigenvalue weighted by Crippen LogP contribution is -2.68. The van der Waals surface area contributed by atoms with E-state index in [1.54, 1.807) is 20.8 Å². The fourth-order valence-corrected chi connectivity index (χ4v) is 15.8. The summed E-state index contributed by atoms with van der Waals surface area (Å²) in [5.41, 5.74) is -6.28. The zero-order valence-corrected chi connectivity index (χ0v) is 35.2. The summed E-state index contributed by atoms with van der Waals surface area (Å²) in [6, 6.07) is 0. The molecule has 6 saturated carbocycles. The number of aliphatic hydroxyl groups excluding tert-OH is 4. The van der Waals surface area contributed by atoms with E-state index in [1.165, 1.54) is 24.3 Å². The molecule has 13 heteroatoms. The quantitative estimate of drug-likeness (QED) is 0.295. The van der Waals surface area contributed by atoms with Crippen molar-refractivity contribution in [1.82, 2.24) is 0 Å². The highest BCUT2D eigenvalue weighted by Crippen LogP contribution is 2.72. The summed E-state index contributed by atoms with van der Waals surface area (Å²) in [5.74, 6) is -4.16. The Kier molecular flexibility index (Phi) is 10.0. The van der Waals surface area contributed by atoms with Crippen LogP contribution >= 0.6 is 0 Å². The second-order valence-corrected chi connectivity index (χ2v) is 21.1. The van der Waals surface area contributed by atoms with E-state index >= 15 is 13.2 Å². The largest absolute Gasteiger partial charge is 0.393 e. The third-order valence-electron chi connectivity index (χ3n) is 17.9. The number of alkyl halides is 3. The fraction of sp³-hybridized carbons (Fsp3) is 0.783. The van der Waals surface area contributed by atoms with E-state index < -0.39 is 100 Å². The lowest BCUT2D eigenvalue weighted by molar-refractivity contribution is -0.228. The van der Waals surface area contributed by atoms with Crippen LogP contribution < -0.4 is 0 Å². The van der Waals surface area contributed by atoms with E-state index in [-0.39, 0.29) is 71.8 Å². The van der Waals surface area contributed by atoms with Crippen molar-refractivity contribution < 1.29 is 62.2 Å². The molecule has 0 aromatic carbocycles. The van der Waals surface area contributed by atoms with E-state index in [0.29, 0.717) is 37.7 Å². The molecule has 0 unspecified atom stereocenters. The highest BCUT2D eigenvalue weighted by molar-refractivity contribution is 6.01. The highest BCUT2D eigenvalue weighted by Gasteiger charge is 2.78. The third-order valence-corrected chi connectivity index (χ3v) is 17.9. The van der Waals surface area contributed by atoms with Crippen LogP contribution in [-0.2, 0) is 28.7 Å². The number of carbonyl (C=O) groups is 4. The summed E-state index contributed by atoms with van der Waals surface area (Å²) >= 11 is 0. The van der Waals surface area contributed by atoms with Crippen LogP contribution in [0.3, 0.4) is 0 Å². The Morgan fingerprint density at radius 1 is 0.864 bits per heavy atom. The number of ketones is 4. The normalized spacial score (nSPS) is 52.6. The minimum Gasteiger partial charge on any atom is -0.393 e. The molecule has 18 atom stereocenters. The van der Waals surface area contributed by atoms with Crippen LogP contribution in [0.1, 0.15) is 99.8 Å². The average Bonchev–Trinajstić information content (AvgIpc) is 3.69. The van der Waals surface area contributed by atoms with Crippen LogP contribution in [0.2, 0.25) is 0 Å². The number of allylic oxidation sites excluding steroid dienone is 5. The van der Waals surface area contributed by atoms with Crippen molar-refractivity contribution in [2.45, 2.75) is 148 Å². The number of ether oxygens (including phenoxy) is 2. The summed E-state index contributed by atoms with van der Waals surface area (Å²) < 4.78 is 60.0. The standard InChI is InChI=1S/C24H33FO6.C22H28F2O4/c1-21(2)30-19-9-14-13-8-16(25)15-7-12(27)5-6-22(15,3)20(13)17(28)10-23(14,4)24(19,31-21)18(29)11-26;1-11-6-13-14-8-16(23)15-7-12(26)4-5-21(15,3)22(14,24)18(28)9-20(13,2)19(11)17(27)10-25/h7,13-14,16-17,19-20,26,28H,5-6,8-11H2,1-4H3;4-5,7,11,13-14,16,18-19,25,28H,6,8-10H2,1-3H3/t13-,14-,16-,17-,19+,20+,22-,23-,24+;11-,13+,14+,16+,18+,19-,20+,21+,22+/m01/s1. The molecule has 1 heterocycles. The number of halogens is 3. The molecular formula is C46H61F3O10. The summed E-state index contributed by atoms with van der Waals surface area (Å²) in [7, 11) is 0. The fourth-order valence-electron chi connectivity index (χ4n) is 15.8. The summed E-state index contributed by atoms with van der Waals surface area (Å²) in [5, 5.41) is 41.8. The predicted molar refractivity (Wildman–Crippen MR) is 207 cm³/mol. The van der Waals surface area contributed by atoms with Gasteiger partial charge >= 0.3 is 0 Å². The molecule has 1 saturated heterocycles. The molecule has 326 valence electrons. The molecule has 8 aliphatic carbocycles. The first kappa shape index (κ1) is 43.1. The molecule has 1 aliphatic heterocycles. The lowest BCUT2D eigenvalue weighted by Gasteiger charge is -2.62. The van der Waals surface area contributed by atoms with Crippen molar-refractivity contribution in [3.05, 3.63) is 35.5 Å². The van der Waals surface area contributed by atoms with E-state index in [4.69, 9.17) is 9.47 Å². The van der Waals surface area contributed by atoms with Gasteiger partial charge in [0.25, 0.3) is 0 Å². The summed E-state index contributed by atoms with van der Waals surface area (Å²) in [4.78, 5) is 49.5. The lowest BCUT2D eigenvalue weighted by atomic mass is 9.45. The van der Waals surface area contributed by atoms with Gasteiger partial charge in [0.05, 0.1) is 18.3 Å². The van der Waals surface area contributed by atoms with E-state index in [9.17, 15) is 39.6 Å². The Morgan fingerprint density at radius 3 is 2.20 bits per heavy atom. The minimum atomic E-state index is -2.11. The molecule has 10 nitrogen and oxygen atoms in total. The molecule has 0 spiro atoms. The first-order valence-corrected chi connectivity index (χ1v) is 21.6. The van der Waals surface area contributed by atoms with Gasteiger partial charge in [0.15, 0.2) is 40.2 Å². The van der Waals surface area contributed by atoms with Crippen LogP contribution in [0.4, 0.5) is 13.2 Å². The molecule has 0 aromatic rings. The Bertz CT molecular complexity index is 1930. The monoisotopic (exact) mass is 830 g/mol. The number of hydrogen-bond donors (Lipinski definition) is 4. The zero-order valence-electron chi connectivity index (χ0n) is 35.2. The van der Waals surface area contributed by atoms with E-state index in [1.807, 2.05) is 27.7 Å². The molecule has 0 amide bonds. The van der Waals surface area contributed by atoms with Gasteiger partial charge in [0.1, 0.15) is 25.6 Å². The number of fused-ring (bicyclic) bond motifs is 12. The summed E-state index contributed by atoms with van der Waals surface area (Å²) in [6.45, 7) is 11.6. The molecule has 0 radical (unpaired) electrons. The SMILES string of the molecule is CC1(C)O[C@@H]2C[C@H]3[C@@H]4C[C@H](F)C5=CC(=O)CC[C@]5(C)[C@H]4[C@@H](O)C[C@]3(C)[C@]2(C(=O)CO)O1.C[C@@H]1C[C@H]2[C@@H]3C[C@H](F)C4=CC(=O)C=C[C@]4(C)[C@@]3(F)[C@@H](O)C[C@]2(C)[C@H]1C(=O)CO. The Balaban J connectivity index is 0.000000165. The van der Waals surface area contributed by atoms with Crippen LogP contribution in [0.5, 0.6) is 0 Å². The van der Waals surface area contributed by atoms with E-state index in [0.717, 1.165) is 0 Å². The number of aliphatic hydroxyl groups is 4. The van der Waals surface area contributed by atoms with Crippen molar-refractivity contribution in [1.29, 1.82) is 0 Å². The number of carbonyl (C=O) groups excluding carboxylic acids is 4. The number of Topliss-reactive ketones (excluding diaryl/α,β-unsaturated/α-hetero) is 2. The van der Waals surface area contributed by atoms with Gasteiger partial charge < -0.3 is 29.9 Å². The zero-order chi connectivity index (χ0) is 43.2. The molecule has 0 aromatic heterocycles. The molecule has 7 fully saturated rings. The molecular weight excluding hydrogens is 769 g/mol. The average molecular weight is 831 g/mol. The van der Waals surface area contributed by atoms with Crippen molar-refractivity contribution in [2.24, 2.45) is 63.1 Å². The second kappa shape index (κ2) is 13.7. The third kappa shape index (κ3) is 5.58. The molecule has 0 bridgehead atoms. The van der Waals surface area contributed by atoms with Crippen LogP contribution in [-0.4, -0.2) is 104 Å². The van der Waals surface area contributed by atoms with Crippen molar-refractivity contribution in [2.75, 3.05) is 13.2 Å². The van der Waals surface area contributed by atoms with Crippen LogP contribution in [0.25, 0.3) is 0 Å². The van der Waals surface area contributed by atoms with Crippen molar-refractivity contribution >= 4 is 23.1 Å². The Morgan fingerprint density at radius 2 is 1.54 bits per heavy atom. The molecule has 59 heavy (non-hydrogen) atoms. The van der Waals surface area contributed by atoms with Crippen molar-refractivity contribution in [3.63, 3.8) is 0 Å². The smallest absolute Gasteiger partial charge is 0.193 e. The molecule has 9 rings (SSSR count).